The summed E-state index contributed by atoms with van der Waals surface area (Å²) < 4.78 is 10.8. The zero-order valence-electron chi connectivity index (χ0n) is 13.5. The molecule has 6 nitrogen and oxygen atoms in total. The number of aromatic amines is 1. The van der Waals surface area contributed by atoms with E-state index in [1.54, 1.807) is 6.07 Å². The quantitative estimate of drug-likeness (QED) is 0.573. The number of rotatable bonds is 4. The lowest BCUT2D eigenvalue weighted by Crippen LogP contribution is -2.05. The van der Waals surface area contributed by atoms with Crippen molar-refractivity contribution in [2.45, 2.75) is 13.5 Å². The Balaban J connectivity index is 1.45. The van der Waals surface area contributed by atoms with Crippen LogP contribution in [-0.2, 0) is 11.3 Å². The highest BCUT2D eigenvalue weighted by molar-refractivity contribution is 5.88. The van der Waals surface area contributed by atoms with Gasteiger partial charge in [0.2, 0.25) is 5.89 Å². The molecule has 0 bridgehead atoms. The van der Waals surface area contributed by atoms with Gasteiger partial charge >= 0.3 is 5.97 Å². The maximum Gasteiger partial charge on any atom is 0.356 e. The Morgan fingerprint density at radius 2 is 1.96 bits per heavy atom. The van der Waals surface area contributed by atoms with Gasteiger partial charge in [-0.15, -0.1) is 0 Å². The number of para-hydroxylation sites is 2. The number of carbonyl (C=O) groups excluding carboxylic acids is 1. The number of carbonyl (C=O) groups is 1. The van der Waals surface area contributed by atoms with Crippen molar-refractivity contribution < 1.29 is 13.9 Å². The van der Waals surface area contributed by atoms with E-state index in [0.29, 0.717) is 17.2 Å². The molecule has 0 aliphatic heterocycles. The second kappa shape index (κ2) is 6.24. The number of hydrogen-bond acceptors (Lipinski definition) is 5. The van der Waals surface area contributed by atoms with E-state index in [9.17, 15) is 4.79 Å². The number of fused-ring (bicyclic) bond motifs is 1. The van der Waals surface area contributed by atoms with Crippen LogP contribution in [0.4, 0.5) is 0 Å². The predicted molar refractivity (Wildman–Crippen MR) is 91.9 cm³/mol. The first-order valence-corrected chi connectivity index (χ1v) is 7.83. The van der Waals surface area contributed by atoms with Gasteiger partial charge in [-0.25, -0.2) is 9.78 Å². The zero-order chi connectivity index (χ0) is 17.2. The van der Waals surface area contributed by atoms with Gasteiger partial charge in [-0.05, 0) is 25.1 Å². The first-order valence-electron chi connectivity index (χ1n) is 7.83. The molecule has 0 fully saturated rings. The summed E-state index contributed by atoms with van der Waals surface area (Å²) >= 11 is 0. The van der Waals surface area contributed by atoms with Gasteiger partial charge in [0.25, 0.3) is 0 Å². The minimum Gasteiger partial charge on any atom is -0.451 e. The molecule has 2 aromatic carbocycles. The van der Waals surface area contributed by atoms with E-state index in [-0.39, 0.29) is 12.3 Å². The summed E-state index contributed by atoms with van der Waals surface area (Å²) in [7, 11) is 0. The van der Waals surface area contributed by atoms with Crippen LogP contribution < -0.4 is 0 Å². The van der Waals surface area contributed by atoms with Crippen molar-refractivity contribution in [1.82, 2.24) is 15.2 Å². The van der Waals surface area contributed by atoms with E-state index in [4.69, 9.17) is 9.15 Å². The van der Waals surface area contributed by atoms with E-state index in [2.05, 4.69) is 15.2 Å². The highest BCUT2D eigenvalue weighted by Gasteiger charge is 2.14. The molecule has 124 valence electrons. The number of esters is 1. The van der Waals surface area contributed by atoms with Gasteiger partial charge in [-0.1, -0.05) is 42.0 Å². The fourth-order valence-electron chi connectivity index (χ4n) is 2.49. The number of oxazole rings is 1. The van der Waals surface area contributed by atoms with Crippen LogP contribution in [0, 0.1) is 6.92 Å². The topological polar surface area (TPSA) is 81.0 Å². The van der Waals surface area contributed by atoms with Gasteiger partial charge < -0.3 is 9.15 Å². The van der Waals surface area contributed by atoms with E-state index < -0.39 is 5.97 Å². The Morgan fingerprint density at radius 3 is 2.76 bits per heavy atom. The highest BCUT2D eigenvalue weighted by Crippen LogP contribution is 2.19. The molecule has 0 atom stereocenters. The molecule has 0 aliphatic rings. The summed E-state index contributed by atoms with van der Waals surface area (Å²) in [6.45, 7) is 1.98. The van der Waals surface area contributed by atoms with E-state index in [1.165, 1.54) is 0 Å². The van der Waals surface area contributed by atoms with Crippen molar-refractivity contribution in [2.75, 3.05) is 0 Å². The minimum atomic E-state index is -0.506. The van der Waals surface area contributed by atoms with Gasteiger partial charge in [0.05, 0.1) is 5.69 Å². The molecule has 0 aliphatic carbocycles. The number of benzene rings is 2. The monoisotopic (exact) mass is 333 g/mol. The summed E-state index contributed by atoms with van der Waals surface area (Å²) in [6, 6.07) is 17.0. The lowest BCUT2D eigenvalue weighted by Gasteiger charge is -1.99. The molecule has 0 saturated carbocycles. The molecule has 0 spiro atoms. The average molecular weight is 333 g/mol. The molecule has 0 unspecified atom stereocenters. The minimum absolute atomic E-state index is 0.0353. The SMILES string of the molecule is Cc1ccc(-c2cc(C(=O)OCc3nc4ccccc4o3)[nH]n2)cc1. The molecular formula is C19H15N3O3. The first-order chi connectivity index (χ1) is 12.2. The third-order valence-electron chi connectivity index (χ3n) is 3.81. The smallest absolute Gasteiger partial charge is 0.356 e. The fraction of sp³-hybridized carbons (Fsp3) is 0.105. The van der Waals surface area contributed by atoms with Crippen LogP contribution in [0.5, 0.6) is 0 Å². The predicted octanol–water partition coefficient (Wildman–Crippen LogP) is 3.88. The molecule has 4 rings (SSSR count). The molecule has 0 radical (unpaired) electrons. The van der Waals surface area contributed by atoms with Crippen molar-refractivity contribution >= 4 is 17.1 Å². The maximum atomic E-state index is 12.2. The molecular weight excluding hydrogens is 318 g/mol. The number of ether oxygens (including phenoxy) is 1. The summed E-state index contributed by atoms with van der Waals surface area (Å²) in [6.07, 6.45) is 0. The first kappa shape index (κ1) is 15.1. The third-order valence-corrected chi connectivity index (χ3v) is 3.81. The standard InChI is InChI=1S/C19H15N3O3/c1-12-6-8-13(9-7-12)15-10-16(22-21-15)19(23)24-11-18-20-14-4-2-3-5-17(14)25-18/h2-10H,11H2,1H3,(H,21,22). The Kier molecular flexibility index (Phi) is 3.78. The van der Waals surface area contributed by atoms with Crippen molar-refractivity contribution in [3.63, 3.8) is 0 Å². The summed E-state index contributed by atoms with van der Waals surface area (Å²) in [5.41, 5.74) is 4.46. The van der Waals surface area contributed by atoms with Gasteiger partial charge in [-0.3, -0.25) is 5.10 Å². The summed E-state index contributed by atoms with van der Waals surface area (Å²) in [5.74, 6) is -0.152. The normalized spacial score (nSPS) is 10.9. The van der Waals surface area contributed by atoms with Crippen LogP contribution >= 0.6 is 0 Å². The highest BCUT2D eigenvalue weighted by atomic mass is 16.5. The van der Waals surface area contributed by atoms with Crippen molar-refractivity contribution in [2.24, 2.45) is 0 Å². The van der Waals surface area contributed by atoms with Crippen molar-refractivity contribution in [1.29, 1.82) is 0 Å². The lowest BCUT2D eigenvalue weighted by atomic mass is 10.1. The lowest BCUT2D eigenvalue weighted by molar-refractivity contribution is 0.0433. The molecule has 1 N–H and O–H groups in total. The van der Waals surface area contributed by atoms with E-state index in [1.807, 2.05) is 55.5 Å². The molecule has 0 amide bonds. The summed E-state index contributed by atoms with van der Waals surface area (Å²) in [5, 5.41) is 6.87. The number of nitrogens with one attached hydrogen (secondary N) is 1. The number of nitrogens with zero attached hydrogens (tertiary/aromatic N) is 2. The van der Waals surface area contributed by atoms with Crippen LogP contribution in [0.2, 0.25) is 0 Å². The Hall–Kier alpha value is -3.41. The Morgan fingerprint density at radius 1 is 1.16 bits per heavy atom. The fourth-order valence-corrected chi connectivity index (χ4v) is 2.49. The number of hydrogen-bond donors (Lipinski definition) is 1. The van der Waals surface area contributed by atoms with Gasteiger partial charge in [0.1, 0.15) is 11.2 Å². The maximum absolute atomic E-state index is 12.2. The van der Waals surface area contributed by atoms with E-state index in [0.717, 1.165) is 16.6 Å². The Bertz CT molecular complexity index is 998. The average Bonchev–Trinajstić information content (AvgIpc) is 3.27. The van der Waals surface area contributed by atoms with Crippen LogP contribution in [0.1, 0.15) is 21.9 Å². The van der Waals surface area contributed by atoms with Crippen LogP contribution in [0.3, 0.4) is 0 Å². The number of aryl methyl sites for hydroxylation is 1. The molecule has 2 aromatic heterocycles. The second-order valence-electron chi connectivity index (χ2n) is 5.68. The molecule has 0 saturated heterocycles. The molecule has 2 heterocycles. The van der Waals surface area contributed by atoms with E-state index >= 15 is 0 Å². The summed E-state index contributed by atoms with van der Waals surface area (Å²) in [4.78, 5) is 16.4. The van der Waals surface area contributed by atoms with Gasteiger partial charge in [0.15, 0.2) is 12.2 Å². The molecule has 25 heavy (non-hydrogen) atoms. The number of aromatic nitrogens is 3. The van der Waals surface area contributed by atoms with Crippen molar-refractivity contribution in [3.05, 3.63) is 71.7 Å². The number of H-pyrrole nitrogens is 1. The van der Waals surface area contributed by atoms with Crippen LogP contribution in [0.15, 0.2) is 59.0 Å². The molecule has 6 heteroatoms. The largest absolute Gasteiger partial charge is 0.451 e. The van der Waals surface area contributed by atoms with Crippen LogP contribution in [-0.4, -0.2) is 21.2 Å². The van der Waals surface area contributed by atoms with Crippen molar-refractivity contribution in [3.8, 4) is 11.3 Å². The van der Waals surface area contributed by atoms with Gasteiger partial charge in [-0.2, -0.15) is 5.10 Å². The van der Waals surface area contributed by atoms with Gasteiger partial charge in [0, 0.05) is 5.56 Å². The zero-order valence-corrected chi connectivity index (χ0v) is 13.5. The molecule has 4 aromatic rings. The second-order valence-corrected chi connectivity index (χ2v) is 5.68. The van der Waals surface area contributed by atoms with Crippen LogP contribution in [0.25, 0.3) is 22.4 Å². The Labute approximate surface area is 143 Å². The third kappa shape index (κ3) is 3.14.